The van der Waals surface area contributed by atoms with Gasteiger partial charge in [-0.05, 0) is 25.3 Å². The zero-order chi connectivity index (χ0) is 15.6. The third kappa shape index (κ3) is 1.40. The molecule has 1 aromatic carbocycles. The van der Waals surface area contributed by atoms with Crippen molar-refractivity contribution in [3.05, 3.63) is 42.5 Å². The van der Waals surface area contributed by atoms with Crippen LogP contribution in [0.5, 0.6) is 0 Å². The van der Waals surface area contributed by atoms with E-state index in [0.29, 0.717) is 5.69 Å². The van der Waals surface area contributed by atoms with E-state index in [1.165, 1.54) is 11.0 Å². The number of para-hydroxylation sites is 1. The van der Waals surface area contributed by atoms with Crippen molar-refractivity contribution >= 4 is 34.9 Å². The number of benzene rings is 1. The lowest BCUT2D eigenvalue weighted by molar-refractivity contribution is -0.130. The summed E-state index contributed by atoms with van der Waals surface area (Å²) >= 11 is 6.54. The van der Waals surface area contributed by atoms with Gasteiger partial charge in [-0.2, -0.15) is 0 Å². The SMILES string of the molecule is CN1[C@H]2C=CC(=O)[C@]1(Cl)[C@H]1C(=O)N(c3ccccc3)C(=O)[C@@H]21. The largest absolute Gasteiger partial charge is 0.291 e. The third-order valence-electron chi connectivity index (χ3n) is 4.90. The monoisotopic (exact) mass is 316 g/mol. The molecule has 2 fully saturated rings. The van der Waals surface area contributed by atoms with Gasteiger partial charge in [-0.1, -0.05) is 35.9 Å². The number of carbonyl (C=O) groups is 3. The van der Waals surface area contributed by atoms with Gasteiger partial charge >= 0.3 is 0 Å². The molecule has 0 aromatic heterocycles. The Morgan fingerprint density at radius 1 is 1.09 bits per heavy atom. The van der Waals surface area contributed by atoms with Gasteiger partial charge in [0.25, 0.3) is 0 Å². The number of fused-ring (bicyclic) bond motifs is 5. The number of halogens is 1. The van der Waals surface area contributed by atoms with Gasteiger partial charge in [-0.3, -0.25) is 19.3 Å². The van der Waals surface area contributed by atoms with Gasteiger partial charge in [0.15, 0.2) is 10.8 Å². The topological polar surface area (TPSA) is 57.7 Å². The summed E-state index contributed by atoms with van der Waals surface area (Å²) in [6.45, 7) is 0. The molecule has 0 radical (unpaired) electrons. The molecule has 1 aromatic rings. The van der Waals surface area contributed by atoms with Crippen molar-refractivity contribution in [1.29, 1.82) is 0 Å². The number of likely N-dealkylation sites (N-methyl/N-ethyl adjacent to an activating group) is 1. The molecule has 3 aliphatic rings. The highest BCUT2D eigenvalue weighted by Crippen LogP contribution is 2.53. The molecular formula is C16H13ClN2O3. The van der Waals surface area contributed by atoms with E-state index in [0.717, 1.165) is 0 Å². The number of nitrogens with zero attached hydrogens (tertiary/aromatic N) is 2. The number of anilines is 1. The summed E-state index contributed by atoms with van der Waals surface area (Å²) in [5.74, 6) is -2.49. The molecule has 3 aliphatic heterocycles. The van der Waals surface area contributed by atoms with Gasteiger partial charge in [0.05, 0.1) is 17.5 Å². The molecule has 22 heavy (non-hydrogen) atoms. The minimum atomic E-state index is -1.46. The van der Waals surface area contributed by atoms with E-state index < -0.39 is 22.7 Å². The Balaban J connectivity index is 1.85. The molecule has 6 heteroatoms. The number of carbonyl (C=O) groups excluding carboxylic acids is 3. The first-order valence-electron chi connectivity index (χ1n) is 7.05. The number of alkyl halides is 1. The number of ketones is 1. The molecule has 0 saturated carbocycles. The molecule has 112 valence electrons. The van der Waals surface area contributed by atoms with Crippen molar-refractivity contribution in [2.75, 3.05) is 11.9 Å². The average Bonchev–Trinajstić information content (AvgIpc) is 2.85. The van der Waals surface area contributed by atoms with Gasteiger partial charge in [-0.15, -0.1) is 0 Å². The number of rotatable bonds is 1. The van der Waals surface area contributed by atoms with Gasteiger partial charge in [0, 0.05) is 6.04 Å². The predicted molar refractivity (Wildman–Crippen MR) is 80.2 cm³/mol. The van der Waals surface area contributed by atoms with E-state index in [-0.39, 0.29) is 17.7 Å². The maximum absolute atomic E-state index is 12.9. The fraction of sp³-hybridized carbons (Fsp3) is 0.312. The minimum Gasteiger partial charge on any atom is -0.291 e. The molecular weight excluding hydrogens is 304 g/mol. The molecule has 2 saturated heterocycles. The van der Waals surface area contributed by atoms with Crippen LogP contribution in [0.4, 0.5) is 5.69 Å². The zero-order valence-corrected chi connectivity index (χ0v) is 12.5. The van der Waals surface area contributed by atoms with Crippen LogP contribution in [0.1, 0.15) is 0 Å². The third-order valence-corrected chi connectivity index (χ3v) is 5.58. The van der Waals surface area contributed by atoms with Crippen LogP contribution in [0.25, 0.3) is 0 Å². The molecule has 4 rings (SSSR count). The van der Waals surface area contributed by atoms with Gasteiger partial charge in [0.1, 0.15) is 0 Å². The highest BCUT2D eigenvalue weighted by atomic mass is 35.5. The Labute approximate surface area is 132 Å². The average molecular weight is 317 g/mol. The summed E-state index contributed by atoms with van der Waals surface area (Å²) < 4.78 is 0. The van der Waals surface area contributed by atoms with E-state index in [1.807, 2.05) is 6.07 Å². The lowest BCUT2D eigenvalue weighted by Gasteiger charge is -2.36. The Bertz CT molecular complexity index is 732. The minimum absolute atomic E-state index is 0.292. The fourth-order valence-corrected chi connectivity index (χ4v) is 4.23. The first-order chi connectivity index (χ1) is 10.5. The highest BCUT2D eigenvalue weighted by Gasteiger charge is 2.70. The van der Waals surface area contributed by atoms with Gasteiger partial charge in [-0.25, -0.2) is 4.90 Å². The molecule has 4 atom stereocenters. The van der Waals surface area contributed by atoms with E-state index in [4.69, 9.17) is 11.6 Å². The molecule has 2 bridgehead atoms. The van der Waals surface area contributed by atoms with E-state index in [2.05, 4.69) is 0 Å². The van der Waals surface area contributed by atoms with E-state index in [9.17, 15) is 14.4 Å². The summed E-state index contributed by atoms with van der Waals surface area (Å²) in [6.07, 6.45) is 3.07. The van der Waals surface area contributed by atoms with Crippen molar-refractivity contribution in [2.24, 2.45) is 11.8 Å². The van der Waals surface area contributed by atoms with Crippen LogP contribution in [0, 0.1) is 11.8 Å². The Kier molecular flexibility index (Phi) is 2.65. The van der Waals surface area contributed by atoms with Crippen molar-refractivity contribution in [1.82, 2.24) is 4.90 Å². The van der Waals surface area contributed by atoms with Crippen LogP contribution < -0.4 is 4.90 Å². The molecule has 0 unspecified atom stereocenters. The van der Waals surface area contributed by atoms with Crippen molar-refractivity contribution in [3.8, 4) is 0 Å². The predicted octanol–water partition coefficient (Wildman–Crippen LogP) is 1.18. The highest BCUT2D eigenvalue weighted by molar-refractivity contribution is 6.41. The number of hydrogen-bond donors (Lipinski definition) is 0. The standard InChI is InChI=1S/C16H13ClN2O3/c1-18-10-7-8-11(20)16(18,17)13-12(10)14(21)19(15(13)22)9-5-3-2-4-6-9/h2-8,10,12-13H,1H3/t10-,12-,13+,16+/m0/s1. The molecule has 0 spiro atoms. The summed E-state index contributed by atoms with van der Waals surface area (Å²) in [4.78, 5) is 39.3. The van der Waals surface area contributed by atoms with Gasteiger partial charge in [0.2, 0.25) is 11.8 Å². The zero-order valence-electron chi connectivity index (χ0n) is 11.8. The number of amides is 2. The maximum Gasteiger partial charge on any atom is 0.241 e. The second-order valence-corrected chi connectivity index (χ2v) is 6.43. The fourth-order valence-electron chi connectivity index (χ4n) is 3.83. The second-order valence-electron chi connectivity index (χ2n) is 5.85. The van der Waals surface area contributed by atoms with Crippen LogP contribution in [-0.4, -0.2) is 40.6 Å². The number of hydrogen-bond acceptors (Lipinski definition) is 4. The van der Waals surface area contributed by atoms with Crippen LogP contribution in [0.2, 0.25) is 0 Å². The molecule has 3 heterocycles. The van der Waals surface area contributed by atoms with Crippen LogP contribution >= 0.6 is 11.6 Å². The lowest BCUT2D eigenvalue weighted by Crippen LogP contribution is -2.54. The van der Waals surface area contributed by atoms with Gasteiger partial charge < -0.3 is 0 Å². The quantitative estimate of drug-likeness (QED) is 0.443. The Morgan fingerprint density at radius 3 is 2.45 bits per heavy atom. The second kappa shape index (κ2) is 4.27. The summed E-state index contributed by atoms with van der Waals surface area (Å²) in [5.41, 5.74) is 0.518. The van der Waals surface area contributed by atoms with Crippen molar-refractivity contribution in [3.63, 3.8) is 0 Å². The Hall–Kier alpha value is -1.98. The first kappa shape index (κ1) is 13.7. The number of imide groups is 1. The van der Waals surface area contributed by atoms with Crippen LogP contribution in [0.3, 0.4) is 0 Å². The van der Waals surface area contributed by atoms with Crippen LogP contribution in [-0.2, 0) is 14.4 Å². The normalized spacial score (nSPS) is 37.1. The molecule has 0 aliphatic carbocycles. The van der Waals surface area contributed by atoms with Crippen molar-refractivity contribution in [2.45, 2.75) is 11.0 Å². The summed E-state index contributed by atoms with van der Waals surface area (Å²) in [6, 6.07) is 8.42. The first-order valence-corrected chi connectivity index (χ1v) is 7.43. The van der Waals surface area contributed by atoms with E-state index >= 15 is 0 Å². The maximum atomic E-state index is 12.9. The summed E-state index contributed by atoms with van der Waals surface area (Å²) in [7, 11) is 1.69. The Morgan fingerprint density at radius 2 is 1.77 bits per heavy atom. The van der Waals surface area contributed by atoms with E-state index in [1.54, 1.807) is 42.3 Å². The lowest BCUT2D eigenvalue weighted by atomic mass is 9.89. The smallest absolute Gasteiger partial charge is 0.241 e. The molecule has 5 nitrogen and oxygen atoms in total. The molecule has 2 amide bonds. The molecule has 0 N–H and O–H groups in total. The summed E-state index contributed by atoms with van der Waals surface area (Å²) in [5, 5.41) is 0. The van der Waals surface area contributed by atoms with Crippen LogP contribution in [0.15, 0.2) is 42.5 Å². The van der Waals surface area contributed by atoms with Crippen molar-refractivity contribution < 1.29 is 14.4 Å².